The zero-order valence-corrected chi connectivity index (χ0v) is 19.5. The zero-order valence-electron chi connectivity index (χ0n) is 17.8. The lowest BCUT2D eigenvalue weighted by molar-refractivity contribution is -0.142. The number of carbonyl (C=O) groups excluding carboxylic acids is 3. The van der Waals surface area contributed by atoms with Crippen molar-refractivity contribution >= 4 is 54.1 Å². The van der Waals surface area contributed by atoms with E-state index in [1.165, 1.54) is 11.8 Å². The van der Waals surface area contributed by atoms with Gasteiger partial charge in [-0.25, -0.2) is 4.79 Å². The Kier molecular flexibility index (Phi) is 14.0. The molecule has 31 heavy (non-hydrogen) atoms. The van der Waals surface area contributed by atoms with Crippen LogP contribution in [0.3, 0.4) is 0 Å². The van der Waals surface area contributed by atoms with Crippen LogP contribution in [0.25, 0.3) is 0 Å². The van der Waals surface area contributed by atoms with E-state index in [-0.39, 0.29) is 30.9 Å². The van der Waals surface area contributed by atoms with Gasteiger partial charge in [0, 0.05) is 12.2 Å². The number of carboxylic acids is 2. The van der Waals surface area contributed by atoms with Gasteiger partial charge in [-0.1, -0.05) is 13.8 Å². The maximum atomic E-state index is 12.7. The third-order valence-electron chi connectivity index (χ3n) is 4.29. The molecule has 0 saturated heterocycles. The van der Waals surface area contributed by atoms with Crippen LogP contribution < -0.4 is 21.7 Å². The predicted octanol–water partition coefficient (Wildman–Crippen LogP) is -0.944. The molecule has 0 heterocycles. The van der Waals surface area contributed by atoms with E-state index in [4.69, 9.17) is 10.8 Å². The summed E-state index contributed by atoms with van der Waals surface area (Å²) in [6, 6.07) is -4.37. The Labute approximate surface area is 191 Å². The van der Waals surface area contributed by atoms with Gasteiger partial charge in [-0.2, -0.15) is 24.4 Å². The average molecular weight is 481 g/mol. The summed E-state index contributed by atoms with van der Waals surface area (Å²) in [7, 11) is 0. The lowest BCUT2D eigenvalue weighted by atomic mass is 10.0. The standard InChI is InChI=1S/C18H32N4O7S2/c1-9(2)14(22-15(25)10(19)4-5-13(23)24)17(27)21-12(8-30)16(26)20-11(18(28)29)6-7-31-3/h9-12,14,30H,4-8,19H2,1-3H3,(H,20,26)(H,21,27)(H,22,25)(H,23,24)(H,28,29). The van der Waals surface area contributed by atoms with Gasteiger partial charge >= 0.3 is 11.9 Å². The number of nitrogens with one attached hydrogen (secondary N) is 3. The summed E-state index contributed by atoms with van der Waals surface area (Å²) in [6.45, 7) is 3.35. The fourth-order valence-electron chi connectivity index (χ4n) is 2.43. The van der Waals surface area contributed by atoms with Gasteiger partial charge in [0.2, 0.25) is 17.7 Å². The van der Waals surface area contributed by atoms with Gasteiger partial charge in [0.1, 0.15) is 18.1 Å². The number of carbonyl (C=O) groups is 5. The molecule has 4 unspecified atom stereocenters. The largest absolute Gasteiger partial charge is 0.481 e. The van der Waals surface area contributed by atoms with Gasteiger partial charge in [0.25, 0.3) is 0 Å². The Hall–Kier alpha value is -1.99. The molecule has 4 atom stereocenters. The van der Waals surface area contributed by atoms with Crippen molar-refractivity contribution in [2.45, 2.75) is 57.3 Å². The Morgan fingerprint density at radius 1 is 0.935 bits per heavy atom. The van der Waals surface area contributed by atoms with Gasteiger partial charge in [0.05, 0.1) is 6.04 Å². The maximum Gasteiger partial charge on any atom is 0.326 e. The highest BCUT2D eigenvalue weighted by Gasteiger charge is 2.31. The molecule has 0 aromatic rings. The molecular weight excluding hydrogens is 448 g/mol. The number of hydrogen-bond acceptors (Lipinski definition) is 8. The lowest BCUT2D eigenvalue weighted by Crippen LogP contribution is -2.59. The van der Waals surface area contributed by atoms with Gasteiger partial charge in [0.15, 0.2) is 0 Å². The van der Waals surface area contributed by atoms with E-state index in [0.717, 1.165) is 0 Å². The fourth-order valence-corrected chi connectivity index (χ4v) is 3.15. The minimum Gasteiger partial charge on any atom is -0.481 e. The molecule has 11 nitrogen and oxygen atoms in total. The smallest absolute Gasteiger partial charge is 0.326 e. The van der Waals surface area contributed by atoms with Crippen molar-refractivity contribution in [2.24, 2.45) is 11.7 Å². The minimum atomic E-state index is -1.19. The topological polar surface area (TPSA) is 188 Å². The van der Waals surface area contributed by atoms with Crippen molar-refractivity contribution < 1.29 is 34.2 Å². The van der Waals surface area contributed by atoms with E-state index < -0.39 is 53.8 Å². The van der Waals surface area contributed by atoms with Crippen molar-refractivity contribution in [3.05, 3.63) is 0 Å². The van der Waals surface area contributed by atoms with E-state index in [1.54, 1.807) is 13.8 Å². The molecule has 0 aliphatic rings. The molecule has 0 rings (SSSR count). The molecule has 3 amide bonds. The van der Waals surface area contributed by atoms with Crippen LogP contribution in [0.15, 0.2) is 0 Å². The molecule has 0 aliphatic heterocycles. The lowest BCUT2D eigenvalue weighted by Gasteiger charge is -2.26. The molecule has 0 aromatic carbocycles. The monoisotopic (exact) mass is 480 g/mol. The second kappa shape index (κ2) is 14.9. The number of amides is 3. The predicted molar refractivity (Wildman–Crippen MR) is 120 cm³/mol. The van der Waals surface area contributed by atoms with Crippen LogP contribution in [0.5, 0.6) is 0 Å². The summed E-state index contributed by atoms with van der Waals surface area (Å²) in [5.41, 5.74) is 5.67. The first-order chi connectivity index (χ1) is 14.4. The highest BCUT2D eigenvalue weighted by atomic mass is 32.2. The molecule has 178 valence electrons. The van der Waals surface area contributed by atoms with Gasteiger partial charge in [-0.05, 0) is 30.8 Å². The first-order valence-electron chi connectivity index (χ1n) is 9.65. The molecule has 0 aliphatic carbocycles. The molecule has 7 N–H and O–H groups in total. The Morgan fingerprint density at radius 3 is 1.97 bits per heavy atom. The zero-order chi connectivity index (χ0) is 24.1. The number of aliphatic carboxylic acids is 2. The highest BCUT2D eigenvalue weighted by molar-refractivity contribution is 7.98. The van der Waals surface area contributed by atoms with E-state index >= 15 is 0 Å². The highest BCUT2D eigenvalue weighted by Crippen LogP contribution is 2.06. The minimum absolute atomic E-state index is 0.0939. The molecule has 0 aromatic heterocycles. The summed E-state index contributed by atoms with van der Waals surface area (Å²) < 4.78 is 0. The second-order valence-electron chi connectivity index (χ2n) is 7.19. The molecule has 0 saturated carbocycles. The summed E-state index contributed by atoms with van der Waals surface area (Å²) in [4.78, 5) is 59.3. The van der Waals surface area contributed by atoms with Crippen LogP contribution in [0.4, 0.5) is 0 Å². The Morgan fingerprint density at radius 2 is 1.52 bits per heavy atom. The quantitative estimate of drug-likeness (QED) is 0.145. The molecule has 0 fully saturated rings. The Balaban J connectivity index is 5.09. The van der Waals surface area contributed by atoms with Crippen LogP contribution in [0, 0.1) is 5.92 Å². The second-order valence-corrected chi connectivity index (χ2v) is 8.54. The van der Waals surface area contributed by atoms with Crippen molar-refractivity contribution in [3.8, 4) is 0 Å². The van der Waals surface area contributed by atoms with E-state index in [2.05, 4.69) is 28.6 Å². The number of thiol groups is 1. The van der Waals surface area contributed by atoms with Crippen molar-refractivity contribution in [1.29, 1.82) is 0 Å². The number of carboxylic acid groups (broad SMARTS) is 2. The molecular formula is C18H32N4O7S2. The first kappa shape index (κ1) is 29.0. The first-order valence-corrected chi connectivity index (χ1v) is 11.7. The molecule has 0 spiro atoms. The van der Waals surface area contributed by atoms with Crippen molar-refractivity contribution in [1.82, 2.24) is 16.0 Å². The summed E-state index contributed by atoms with van der Waals surface area (Å²) in [6.07, 6.45) is 1.64. The van der Waals surface area contributed by atoms with Gasteiger partial charge in [-0.15, -0.1) is 0 Å². The number of nitrogens with two attached hydrogens (primary N) is 1. The Bertz CT molecular complexity index is 648. The average Bonchev–Trinajstić information content (AvgIpc) is 2.70. The van der Waals surface area contributed by atoms with Crippen LogP contribution in [-0.2, 0) is 24.0 Å². The summed E-state index contributed by atoms with van der Waals surface area (Å²) in [5, 5.41) is 25.3. The van der Waals surface area contributed by atoms with Gasteiger partial charge < -0.3 is 31.9 Å². The van der Waals surface area contributed by atoms with Crippen LogP contribution >= 0.6 is 24.4 Å². The SMILES string of the molecule is CSCCC(NC(=O)C(CS)NC(=O)C(NC(=O)C(N)CCC(=O)O)C(C)C)C(=O)O. The van der Waals surface area contributed by atoms with E-state index in [0.29, 0.717) is 5.75 Å². The third-order valence-corrected chi connectivity index (χ3v) is 5.30. The number of thioether (sulfide) groups is 1. The molecule has 0 bridgehead atoms. The normalized spacial score (nSPS) is 14.8. The van der Waals surface area contributed by atoms with Crippen molar-refractivity contribution in [2.75, 3.05) is 17.8 Å². The third kappa shape index (κ3) is 11.3. The number of hydrogen-bond donors (Lipinski definition) is 7. The van der Waals surface area contributed by atoms with Crippen molar-refractivity contribution in [3.63, 3.8) is 0 Å². The van der Waals surface area contributed by atoms with Gasteiger partial charge in [-0.3, -0.25) is 19.2 Å². The van der Waals surface area contributed by atoms with Crippen LogP contribution in [0.1, 0.15) is 33.1 Å². The summed E-state index contributed by atoms with van der Waals surface area (Å²) in [5.74, 6) is -4.28. The molecule has 0 radical (unpaired) electrons. The van der Waals surface area contributed by atoms with Crippen LogP contribution in [0.2, 0.25) is 0 Å². The summed E-state index contributed by atoms with van der Waals surface area (Å²) >= 11 is 5.49. The maximum absolute atomic E-state index is 12.7. The number of rotatable bonds is 15. The van der Waals surface area contributed by atoms with E-state index in [9.17, 15) is 29.1 Å². The van der Waals surface area contributed by atoms with E-state index in [1.807, 2.05) is 6.26 Å². The van der Waals surface area contributed by atoms with Crippen LogP contribution in [-0.4, -0.2) is 81.8 Å². The fraction of sp³-hybridized carbons (Fsp3) is 0.722. The molecule has 13 heteroatoms.